The fourth-order valence-electron chi connectivity index (χ4n) is 3.73. The first-order valence-electron chi connectivity index (χ1n) is 10.2. The lowest BCUT2D eigenvalue weighted by atomic mass is 9.78. The highest BCUT2D eigenvalue weighted by Gasteiger charge is 2.49. The van der Waals surface area contributed by atoms with Gasteiger partial charge in [0, 0.05) is 0 Å². The molecular formula is C25H32O3Si. The predicted molar refractivity (Wildman–Crippen MR) is 122 cm³/mol. The Morgan fingerprint density at radius 3 is 2.03 bits per heavy atom. The Morgan fingerprint density at radius 1 is 1.00 bits per heavy atom. The molecule has 1 aliphatic rings. The highest BCUT2D eigenvalue weighted by molar-refractivity contribution is 6.32. The normalized spacial score (nSPS) is 22.8. The second-order valence-corrected chi connectivity index (χ2v) is 11.5. The number of hydrogen-bond donors (Lipinski definition) is 1. The van der Waals surface area contributed by atoms with Crippen molar-refractivity contribution >= 4 is 9.76 Å². The third-order valence-electron chi connectivity index (χ3n) is 5.09. The Kier molecular flexibility index (Phi) is 6.91. The van der Waals surface area contributed by atoms with Gasteiger partial charge in [-0.25, -0.2) is 0 Å². The van der Waals surface area contributed by atoms with Crippen molar-refractivity contribution in [3.05, 3.63) is 96.6 Å². The maximum atomic E-state index is 11.0. The van der Waals surface area contributed by atoms with E-state index in [0.29, 0.717) is 6.42 Å². The lowest BCUT2D eigenvalue weighted by Gasteiger charge is -2.46. The van der Waals surface area contributed by atoms with Crippen LogP contribution in [0, 0.1) is 0 Å². The average molecular weight is 409 g/mol. The third-order valence-corrected chi connectivity index (χ3v) is 6.56. The topological polar surface area (TPSA) is 38.7 Å². The zero-order valence-corrected chi connectivity index (χ0v) is 19.0. The molecule has 2 aromatic carbocycles. The summed E-state index contributed by atoms with van der Waals surface area (Å²) >= 11 is 0. The van der Waals surface area contributed by atoms with Gasteiger partial charge in [0.1, 0.15) is 17.8 Å². The zero-order chi connectivity index (χ0) is 20.9. The molecular weight excluding hydrogens is 376 g/mol. The first-order chi connectivity index (χ1) is 13.9. The molecule has 29 heavy (non-hydrogen) atoms. The van der Waals surface area contributed by atoms with Gasteiger partial charge in [-0.1, -0.05) is 99.7 Å². The van der Waals surface area contributed by atoms with Crippen LogP contribution in [0.25, 0.3) is 0 Å². The second kappa shape index (κ2) is 9.22. The molecule has 0 spiro atoms. The molecule has 0 amide bonds. The highest BCUT2D eigenvalue weighted by Crippen LogP contribution is 2.43. The van der Waals surface area contributed by atoms with Crippen LogP contribution in [0.15, 0.2) is 85.5 Å². The minimum absolute atomic E-state index is 0.0881. The Morgan fingerprint density at radius 2 is 1.55 bits per heavy atom. The Hall–Kier alpha value is -1.98. The maximum absolute atomic E-state index is 11.0. The van der Waals surface area contributed by atoms with Crippen LogP contribution in [-0.2, 0) is 14.8 Å². The maximum Gasteiger partial charge on any atom is 0.168 e. The number of ether oxygens (including phenoxy) is 1. The van der Waals surface area contributed by atoms with Crippen molar-refractivity contribution in [1.82, 2.24) is 0 Å². The van der Waals surface area contributed by atoms with E-state index in [0.717, 1.165) is 11.1 Å². The molecule has 0 unspecified atom stereocenters. The van der Waals surface area contributed by atoms with Crippen molar-refractivity contribution in [3.8, 4) is 0 Å². The van der Waals surface area contributed by atoms with E-state index in [1.165, 1.54) is 0 Å². The van der Waals surface area contributed by atoms with E-state index in [1.807, 2.05) is 54.6 Å². The van der Waals surface area contributed by atoms with Crippen LogP contribution in [0.1, 0.15) is 38.3 Å². The van der Waals surface area contributed by atoms with E-state index in [-0.39, 0.29) is 11.1 Å². The van der Waals surface area contributed by atoms with Crippen LogP contribution in [-0.4, -0.2) is 33.2 Å². The van der Waals surface area contributed by atoms with Crippen LogP contribution in [0.2, 0.25) is 5.04 Å². The van der Waals surface area contributed by atoms with Gasteiger partial charge in [-0.15, -0.1) is 6.58 Å². The number of aliphatic hydroxyl groups is 1. The summed E-state index contributed by atoms with van der Waals surface area (Å²) in [6.07, 6.45) is 4.84. The van der Waals surface area contributed by atoms with Crippen molar-refractivity contribution < 1.29 is 14.3 Å². The van der Waals surface area contributed by atoms with Gasteiger partial charge in [0.2, 0.25) is 0 Å². The van der Waals surface area contributed by atoms with Crippen LogP contribution in [0.3, 0.4) is 0 Å². The molecule has 2 aromatic rings. The van der Waals surface area contributed by atoms with Crippen molar-refractivity contribution in [2.75, 3.05) is 0 Å². The molecule has 0 saturated heterocycles. The Labute approximate surface area is 177 Å². The van der Waals surface area contributed by atoms with Gasteiger partial charge >= 0.3 is 0 Å². The predicted octanol–water partition coefficient (Wildman–Crippen LogP) is 4.51. The van der Waals surface area contributed by atoms with Crippen molar-refractivity contribution in [1.29, 1.82) is 0 Å². The summed E-state index contributed by atoms with van der Waals surface area (Å²) in [6.45, 7) is 10.5. The van der Waals surface area contributed by atoms with E-state index in [9.17, 15) is 5.11 Å². The molecule has 0 aromatic heterocycles. The smallest absolute Gasteiger partial charge is 0.168 e. The average Bonchev–Trinajstić information content (AvgIpc) is 2.72. The molecule has 3 atom stereocenters. The van der Waals surface area contributed by atoms with Gasteiger partial charge in [0.25, 0.3) is 0 Å². The van der Waals surface area contributed by atoms with Crippen LogP contribution < -0.4 is 0 Å². The SMILES string of the molecule is C=CC[C@@H]1C=C[C@H](O)[C@H](C(O[SiH2]C(C)(C)C)(c2ccccc2)c2ccccc2)O1. The van der Waals surface area contributed by atoms with Gasteiger partial charge in [-0.3, -0.25) is 0 Å². The third kappa shape index (κ3) is 4.96. The van der Waals surface area contributed by atoms with Gasteiger partial charge in [-0.2, -0.15) is 0 Å². The quantitative estimate of drug-likeness (QED) is 0.541. The van der Waals surface area contributed by atoms with Crippen LogP contribution in [0.4, 0.5) is 0 Å². The summed E-state index contributed by atoms with van der Waals surface area (Å²) in [6, 6.07) is 20.3. The largest absolute Gasteiger partial charge is 0.408 e. The molecule has 0 bridgehead atoms. The lowest BCUT2D eigenvalue weighted by Crippen LogP contribution is -2.54. The Bertz CT molecular complexity index is 771. The van der Waals surface area contributed by atoms with E-state index in [4.69, 9.17) is 9.16 Å². The molecule has 4 heteroatoms. The van der Waals surface area contributed by atoms with Crippen molar-refractivity contribution in [2.24, 2.45) is 0 Å². The lowest BCUT2D eigenvalue weighted by molar-refractivity contribution is -0.141. The molecule has 0 radical (unpaired) electrons. The van der Waals surface area contributed by atoms with E-state index < -0.39 is 27.6 Å². The second-order valence-electron chi connectivity index (χ2n) is 8.81. The van der Waals surface area contributed by atoms with Crippen LogP contribution in [0.5, 0.6) is 0 Å². The van der Waals surface area contributed by atoms with E-state index >= 15 is 0 Å². The van der Waals surface area contributed by atoms with Gasteiger partial charge in [-0.05, 0) is 22.6 Å². The molecule has 3 nitrogen and oxygen atoms in total. The van der Waals surface area contributed by atoms with Gasteiger partial charge in [0.05, 0.1) is 6.10 Å². The monoisotopic (exact) mass is 408 g/mol. The summed E-state index contributed by atoms with van der Waals surface area (Å²) in [7, 11) is -0.974. The molecule has 1 aliphatic heterocycles. The summed E-state index contributed by atoms with van der Waals surface area (Å²) in [5.74, 6) is 0. The number of aliphatic hydroxyl groups excluding tert-OH is 1. The fourth-order valence-corrected chi connectivity index (χ4v) is 4.89. The first kappa shape index (κ1) is 21.7. The van der Waals surface area contributed by atoms with Gasteiger partial charge in [0.15, 0.2) is 9.76 Å². The number of rotatable bonds is 7. The summed E-state index contributed by atoms with van der Waals surface area (Å²) in [4.78, 5) is 0. The van der Waals surface area contributed by atoms with Crippen molar-refractivity contribution in [3.63, 3.8) is 0 Å². The van der Waals surface area contributed by atoms with Gasteiger partial charge < -0.3 is 14.3 Å². The fraction of sp³-hybridized carbons (Fsp3) is 0.360. The molecule has 1 N–H and O–H groups in total. The first-order valence-corrected chi connectivity index (χ1v) is 11.5. The minimum Gasteiger partial charge on any atom is -0.408 e. The molecule has 0 saturated carbocycles. The molecule has 1 heterocycles. The molecule has 0 fully saturated rings. The van der Waals surface area contributed by atoms with E-state index in [2.05, 4.69) is 51.6 Å². The molecule has 3 rings (SSSR count). The minimum atomic E-state index is -0.974. The standard InChI is InChI=1S/C25H32O3Si/c1-5-12-21-17-18-22(26)23(27-21)25(28-29-24(2,3)4,19-13-8-6-9-14-19)20-15-10-7-11-16-20/h5-11,13-18,21-23,26H,1,12,29H2,2-4H3/t21-,22+,23-/m1/s1. The van der Waals surface area contributed by atoms with Crippen molar-refractivity contribution in [2.45, 2.75) is 56.1 Å². The summed E-state index contributed by atoms with van der Waals surface area (Å²) < 4.78 is 13.4. The summed E-state index contributed by atoms with van der Waals surface area (Å²) in [5, 5.41) is 11.1. The molecule has 0 aliphatic carbocycles. The summed E-state index contributed by atoms with van der Waals surface area (Å²) in [5.41, 5.74) is 1.12. The zero-order valence-electron chi connectivity index (χ0n) is 17.6. The number of hydrogen-bond acceptors (Lipinski definition) is 3. The number of benzene rings is 2. The molecule has 154 valence electrons. The Balaban J connectivity index is 2.18. The van der Waals surface area contributed by atoms with E-state index in [1.54, 1.807) is 0 Å². The highest BCUT2D eigenvalue weighted by atomic mass is 28.2. The van der Waals surface area contributed by atoms with Crippen LogP contribution >= 0.6 is 0 Å².